The predicted molar refractivity (Wildman–Crippen MR) is 93.5 cm³/mol. The molecule has 2 N–H and O–H groups in total. The minimum Gasteiger partial charge on any atom is -0.361 e. The van der Waals surface area contributed by atoms with Crippen molar-refractivity contribution >= 4 is 11.7 Å². The summed E-state index contributed by atoms with van der Waals surface area (Å²) in [4.78, 5) is 13.7. The fourth-order valence-electron chi connectivity index (χ4n) is 3.09. The van der Waals surface area contributed by atoms with E-state index in [4.69, 9.17) is 5.26 Å². The van der Waals surface area contributed by atoms with Gasteiger partial charge >= 0.3 is 12.2 Å². The smallest absolute Gasteiger partial charge is 0.361 e. The average molecular weight is 392 g/mol. The van der Waals surface area contributed by atoms with Crippen LogP contribution >= 0.6 is 0 Å². The van der Waals surface area contributed by atoms with Crippen LogP contribution in [0.5, 0.6) is 0 Å². The number of hydrogen-bond donors (Lipinski definition) is 2. The van der Waals surface area contributed by atoms with Gasteiger partial charge in [-0.2, -0.15) is 18.4 Å². The Balaban J connectivity index is 1.76. The summed E-state index contributed by atoms with van der Waals surface area (Å²) >= 11 is 0. The van der Waals surface area contributed by atoms with E-state index >= 15 is 0 Å². The molecule has 1 aliphatic heterocycles. The lowest BCUT2D eigenvalue weighted by Crippen LogP contribution is -2.47. The van der Waals surface area contributed by atoms with Gasteiger partial charge in [0.2, 0.25) is 0 Å². The summed E-state index contributed by atoms with van der Waals surface area (Å²) < 4.78 is 52.4. The molecule has 0 bridgehead atoms. The highest BCUT2D eigenvalue weighted by atomic mass is 19.4. The Morgan fingerprint density at radius 3 is 2.54 bits per heavy atom. The van der Waals surface area contributed by atoms with Gasteiger partial charge < -0.3 is 15.5 Å². The van der Waals surface area contributed by atoms with E-state index in [1.807, 2.05) is 0 Å². The SMILES string of the molecule is CC1(Nc2ccc(C#N)c(C(F)(F)F)c2)CN(Cc2ccc(F)cc2)C(=O)N1. The number of benzene rings is 2. The number of amides is 2. The van der Waals surface area contributed by atoms with Crippen LogP contribution in [0.3, 0.4) is 0 Å². The summed E-state index contributed by atoms with van der Waals surface area (Å²) in [5, 5.41) is 14.5. The number of urea groups is 1. The molecular formula is C19H16F4N4O. The van der Waals surface area contributed by atoms with Gasteiger partial charge in [-0.25, -0.2) is 9.18 Å². The predicted octanol–water partition coefficient (Wildman–Crippen LogP) is 4.07. The van der Waals surface area contributed by atoms with Gasteiger partial charge in [-0.15, -0.1) is 0 Å². The highest BCUT2D eigenvalue weighted by Crippen LogP contribution is 2.34. The van der Waals surface area contributed by atoms with Crippen LogP contribution < -0.4 is 10.6 Å². The Bertz CT molecular complexity index is 936. The van der Waals surface area contributed by atoms with Crippen molar-refractivity contribution in [3.63, 3.8) is 0 Å². The van der Waals surface area contributed by atoms with E-state index in [9.17, 15) is 22.4 Å². The maximum atomic E-state index is 13.1. The second-order valence-corrected chi connectivity index (χ2v) is 6.74. The van der Waals surface area contributed by atoms with Gasteiger partial charge in [0, 0.05) is 12.2 Å². The molecule has 1 heterocycles. The number of nitrogens with zero attached hydrogens (tertiary/aromatic N) is 2. The third kappa shape index (κ3) is 4.17. The second kappa shape index (κ2) is 7.03. The largest absolute Gasteiger partial charge is 0.417 e. The number of carbonyl (C=O) groups is 1. The first-order valence-corrected chi connectivity index (χ1v) is 8.31. The molecule has 0 radical (unpaired) electrons. The zero-order valence-electron chi connectivity index (χ0n) is 14.8. The van der Waals surface area contributed by atoms with Crippen molar-refractivity contribution in [2.45, 2.75) is 25.3 Å². The fourth-order valence-corrected chi connectivity index (χ4v) is 3.09. The van der Waals surface area contributed by atoms with Gasteiger partial charge in [0.05, 0.1) is 23.7 Å². The molecule has 9 heteroatoms. The van der Waals surface area contributed by atoms with Crippen molar-refractivity contribution in [2.24, 2.45) is 0 Å². The first-order chi connectivity index (χ1) is 13.1. The molecule has 0 saturated carbocycles. The first kappa shape index (κ1) is 19.5. The summed E-state index contributed by atoms with van der Waals surface area (Å²) in [5.41, 5.74) is -1.70. The number of carbonyl (C=O) groups excluding carboxylic acids is 1. The Hall–Kier alpha value is -3.28. The lowest BCUT2D eigenvalue weighted by molar-refractivity contribution is -0.137. The fraction of sp³-hybridized carbons (Fsp3) is 0.263. The van der Waals surface area contributed by atoms with Crippen LogP contribution in [-0.2, 0) is 12.7 Å². The molecule has 1 aliphatic rings. The lowest BCUT2D eigenvalue weighted by atomic mass is 10.1. The van der Waals surface area contributed by atoms with Crippen LogP contribution in [0, 0.1) is 17.1 Å². The monoisotopic (exact) mass is 392 g/mol. The molecule has 0 aromatic heterocycles. The van der Waals surface area contributed by atoms with Crippen molar-refractivity contribution in [3.8, 4) is 6.07 Å². The molecule has 5 nitrogen and oxygen atoms in total. The van der Waals surface area contributed by atoms with Crippen LogP contribution in [0.2, 0.25) is 0 Å². The average Bonchev–Trinajstić information content (AvgIpc) is 2.89. The Kier molecular flexibility index (Phi) is 4.89. The normalized spacial score (nSPS) is 19.3. The van der Waals surface area contributed by atoms with Crippen LogP contribution in [0.15, 0.2) is 42.5 Å². The minimum atomic E-state index is -4.67. The summed E-state index contributed by atoms with van der Waals surface area (Å²) in [6.45, 7) is 2.04. The van der Waals surface area contributed by atoms with Crippen LogP contribution in [0.4, 0.5) is 28.0 Å². The molecule has 1 fully saturated rings. The quantitative estimate of drug-likeness (QED) is 0.771. The van der Waals surface area contributed by atoms with E-state index in [-0.39, 0.29) is 24.6 Å². The van der Waals surface area contributed by atoms with Crippen molar-refractivity contribution < 1.29 is 22.4 Å². The molecule has 1 unspecified atom stereocenters. The second-order valence-electron chi connectivity index (χ2n) is 6.74. The third-order valence-electron chi connectivity index (χ3n) is 4.33. The number of hydrogen-bond acceptors (Lipinski definition) is 3. The van der Waals surface area contributed by atoms with Crippen molar-refractivity contribution in [1.29, 1.82) is 5.26 Å². The molecule has 3 rings (SSSR count). The van der Waals surface area contributed by atoms with E-state index in [0.29, 0.717) is 0 Å². The van der Waals surface area contributed by atoms with Gasteiger partial charge in [0.1, 0.15) is 11.5 Å². The van der Waals surface area contributed by atoms with Gasteiger partial charge in [-0.1, -0.05) is 12.1 Å². The molecule has 0 aliphatic carbocycles. The summed E-state index contributed by atoms with van der Waals surface area (Å²) in [7, 11) is 0. The number of nitriles is 1. The van der Waals surface area contributed by atoms with Gasteiger partial charge in [0.25, 0.3) is 0 Å². The van der Waals surface area contributed by atoms with Gasteiger partial charge in [-0.05, 0) is 42.8 Å². The summed E-state index contributed by atoms with van der Waals surface area (Å²) in [6, 6.07) is 10.1. The first-order valence-electron chi connectivity index (χ1n) is 8.31. The van der Waals surface area contributed by atoms with Crippen molar-refractivity contribution in [2.75, 3.05) is 11.9 Å². The maximum Gasteiger partial charge on any atom is 0.417 e. The Morgan fingerprint density at radius 1 is 1.25 bits per heavy atom. The van der Waals surface area contributed by atoms with Gasteiger partial charge in [0.15, 0.2) is 0 Å². The zero-order valence-corrected chi connectivity index (χ0v) is 14.8. The van der Waals surface area contributed by atoms with E-state index in [1.165, 1.54) is 29.2 Å². The van der Waals surface area contributed by atoms with E-state index in [1.54, 1.807) is 19.1 Å². The molecule has 2 aromatic carbocycles. The molecule has 2 amide bonds. The molecule has 146 valence electrons. The minimum absolute atomic E-state index is 0.123. The number of anilines is 1. The third-order valence-corrected chi connectivity index (χ3v) is 4.33. The Morgan fingerprint density at radius 2 is 1.93 bits per heavy atom. The molecule has 28 heavy (non-hydrogen) atoms. The highest BCUT2D eigenvalue weighted by Gasteiger charge is 2.39. The molecule has 2 aromatic rings. The number of alkyl halides is 3. The van der Waals surface area contributed by atoms with E-state index < -0.39 is 29.0 Å². The Labute approximate surface area is 158 Å². The molecule has 0 spiro atoms. The number of halogens is 4. The van der Waals surface area contributed by atoms with Crippen molar-refractivity contribution in [1.82, 2.24) is 10.2 Å². The summed E-state index contributed by atoms with van der Waals surface area (Å²) in [5.74, 6) is -0.387. The van der Waals surface area contributed by atoms with Crippen LogP contribution in [-0.4, -0.2) is 23.1 Å². The number of rotatable bonds is 4. The summed E-state index contributed by atoms with van der Waals surface area (Å²) in [6.07, 6.45) is -4.67. The maximum absolute atomic E-state index is 13.1. The van der Waals surface area contributed by atoms with Crippen LogP contribution in [0.1, 0.15) is 23.6 Å². The van der Waals surface area contributed by atoms with Crippen molar-refractivity contribution in [3.05, 3.63) is 65.0 Å². The van der Waals surface area contributed by atoms with Gasteiger partial charge in [-0.3, -0.25) is 0 Å². The topological polar surface area (TPSA) is 68.2 Å². The molecule has 1 saturated heterocycles. The standard InChI is InChI=1S/C19H16F4N4O/c1-18(25-15-7-4-13(9-24)16(8-15)19(21,22)23)11-27(17(28)26-18)10-12-2-5-14(20)6-3-12/h2-8,25H,10-11H2,1H3,(H,26,28). The van der Waals surface area contributed by atoms with E-state index in [0.717, 1.165) is 17.7 Å². The highest BCUT2D eigenvalue weighted by molar-refractivity contribution is 5.78. The van der Waals surface area contributed by atoms with E-state index in [2.05, 4.69) is 10.6 Å². The zero-order chi connectivity index (χ0) is 20.5. The lowest BCUT2D eigenvalue weighted by Gasteiger charge is -2.27. The van der Waals surface area contributed by atoms with Crippen LogP contribution in [0.25, 0.3) is 0 Å². The number of nitrogens with one attached hydrogen (secondary N) is 2. The molecule has 1 atom stereocenters. The molecular weight excluding hydrogens is 376 g/mol.